The summed E-state index contributed by atoms with van der Waals surface area (Å²) in [5.74, 6) is 1.10. The number of alkyl carbamates (subject to hydrolysis) is 1. The summed E-state index contributed by atoms with van der Waals surface area (Å²) >= 11 is 0. The molecular weight excluding hydrogens is 264 g/mol. The van der Waals surface area contributed by atoms with E-state index in [9.17, 15) is 4.79 Å². The van der Waals surface area contributed by atoms with Crippen molar-refractivity contribution < 1.29 is 9.53 Å². The molecule has 0 heterocycles. The fraction of sp³-hybridized carbons (Fsp3) is 0.824. The van der Waals surface area contributed by atoms with Crippen LogP contribution in [0.3, 0.4) is 0 Å². The van der Waals surface area contributed by atoms with Crippen LogP contribution in [-0.4, -0.2) is 30.8 Å². The van der Waals surface area contributed by atoms with Gasteiger partial charge in [0.1, 0.15) is 5.60 Å². The van der Waals surface area contributed by atoms with Gasteiger partial charge in [-0.2, -0.15) is 0 Å². The quantitative estimate of drug-likeness (QED) is 0.738. The minimum Gasteiger partial charge on any atom is -0.444 e. The molecule has 0 radical (unpaired) electrons. The van der Waals surface area contributed by atoms with Crippen LogP contribution in [-0.2, 0) is 4.74 Å². The second-order valence-corrected chi connectivity index (χ2v) is 7.31. The molecule has 1 aliphatic rings. The third-order valence-electron chi connectivity index (χ3n) is 3.68. The van der Waals surface area contributed by atoms with Gasteiger partial charge in [0, 0.05) is 12.6 Å². The highest BCUT2D eigenvalue weighted by atomic mass is 16.6. The number of ether oxygens (including phenoxy) is 1. The molecule has 21 heavy (non-hydrogen) atoms. The van der Waals surface area contributed by atoms with Gasteiger partial charge in [-0.05, 0) is 58.4 Å². The Morgan fingerprint density at radius 2 is 2.05 bits per heavy atom. The van der Waals surface area contributed by atoms with Crippen LogP contribution in [0.4, 0.5) is 4.79 Å². The van der Waals surface area contributed by atoms with Crippen LogP contribution in [0.15, 0.2) is 12.2 Å². The summed E-state index contributed by atoms with van der Waals surface area (Å²) in [5, 5.41) is 6.47. The van der Waals surface area contributed by atoms with E-state index in [2.05, 4.69) is 36.6 Å². The number of carbonyl (C=O) groups excluding carboxylic acids is 1. The molecule has 0 saturated heterocycles. The molecule has 0 spiro atoms. The summed E-state index contributed by atoms with van der Waals surface area (Å²) in [6.45, 7) is 11.7. The monoisotopic (exact) mass is 296 g/mol. The number of amides is 1. The Hall–Kier alpha value is -1.03. The Morgan fingerprint density at radius 1 is 1.33 bits per heavy atom. The van der Waals surface area contributed by atoms with E-state index in [1.54, 1.807) is 0 Å². The molecule has 1 rings (SSSR count). The number of hydrogen-bond donors (Lipinski definition) is 2. The van der Waals surface area contributed by atoms with Crippen molar-refractivity contribution in [1.29, 1.82) is 0 Å². The van der Waals surface area contributed by atoms with Crippen LogP contribution < -0.4 is 10.6 Å². The molecule has 1 aliphatic carbocycles. The van der Waals surface area contributed by atoms with E-state index in [4.69, 9.17) is 4.74 Å². The molecule has 4 heteroatoms. The lowest BCUT2D eigenvalue weighted by Crippen LogP contribution is -2.47. The predicted molar refractivity (Wildman–Crippen MR) is 87.3 cm³/mol. The van der Waals surface area contributed by atoms with Crippen molar-refractivity contribution >= 4 is 6.09 Å². The summed E-state index contributed by atoms with van der Waals surface area (Å²) in [6.07, 6.45) is 7.82. The van der Waals surface area contributed by atoms with Crippen LogP contribution >= 0.6 is 0 Å². The van der Waals surface area contributed by atoms with Crippen LogP contribution in [0.2, 0.25) is 0 Å². The predicted octanol–water partition coefficient (Wildman–Crippen LogP) is 3.48. The number of carbonyl (C=O) groups is 1. The molecule has 2 N–H and O–H groups in total. The highest BCUT2D eigenvalue weighted by Crippen LogP contribution is 2.17. The molecule has 1 amide bonds. The maximum Gasteiger partial charge on any atom is 0.407 e. The zero-order chi connectivity index (χ0) is 15.9. The maximum absolute atomic E-state index is 11.9. The van der Waals surface area contributed by atoms with Gasteiger partial charge in [-0.3, -0.25) is 0 Å². The fourth-order valence-electron chi connectivity index (χ4n) is 2.40. The Labute approximate surface area is 129 Å². The van der Waals surface area contributed by atoms with Crippen molar-refractivity contribution in [3.05, 3.63) is 12.2 Å². The highest BCUT2D eigenvalue weighted by Gasteiger charge is 2.21. The van der Waals surface area contributed by atoms with Crippen molar-refractivity contribution in [3.63, 3.8) is 0 Å². The fourth-order valence-corrected chi connectivity index (χ4v) is 2.40. The first-order valence-electron chi connectivity index (χ1n) is 8.13. The molecule has 0 aliphatic heterocycles. The molecule has 0 aromatic heterocycles. The van der Waals surface area contributed by atoms with Crippen molar-refractivity contribution in [3.8, 4) is 0 Å². The normalized spacial score (nSPS) is 20.4. The average molecular weight is 296 g/mol. The maximum atomic E-state index is 11.9. The van der Waals surface area contributed by atoms with Crippen LogP contribution in [0.5, 0.6) is 0 Å². The smallest absolute Gasteiger partial charge is 0.407 e. The lowest BCUT2D eigenvalue weighted by molar-refractivity contribution is 0.0490. The van der Waals surface area contributed by atoms with E-state index in [0.29, 0.717) is 5.92 Å². The van der Waals surface area contributed by atoms with Gasteiger partial charge in [0.05, 0.1) is 0 Å². The van der Waals surface area contributed by atoms with Crippen LogP contribution in [0, 0.1) is 11.8 Å². The number of allylic oxidation sites excluding steroid dienone is 2. The van der Waals surface area contributed by atoms with Gasteiger partial charge in [0.2, 0.25) is 0 Å². The molecule has 0 saturated carbocycles. The third kappa shape index (κ3) is 8.10. The molecule has 0 aromatic carbocycles. The van der Waals surface area contributed by atoms with Gasteiger partial charge in [0.25, 0.3) is 0 Å². The first-order chi connectivity index (χ1) is 9.78. The second-order valence-electron chi connectivity index (χ2n) is 7.31. The van der Waals surface area contributed by atoms with E-state index in [1.807, 2.05) is 20.8 Å². The Morgan fingerprint density at radius 3 is 2.57 bits per heavy atom. The Bertz CT molecular complexity index is 345. The van der Waals surface area contributed by atoms with Crippen molar-refractivity contribution in [2.75, 3.05) is 13.1 Å². The highest BCUT2D eigenvalue weighted by molar-refractivity contribution is 5.68. The van der Waals surface area contributed by atoms with Crippen LogP contribution in [0.25, 0.3) is 0 Å². The summed E-state index contributed by atoms with van der Waals surface area (Å²) in [6, 6.07) is 0.0963. The lowest BCUT2D eigenvalue weighted by Gasteiger charge is -2.27. The topological polar surface area (TPSA) is 50.4 Å². The number of rotatable bonds is 6. The molecular formula is C17H32N2O2. The third-order valence-corrected chi connectivity index (χ3v) is 3.68. The summed E-state index contributed by atoms with van der Waals surface area (Å²) in [4.78, 5) is 11.9. The Balaban J connectivity index is 2.32. The zero-order valence-electron chi connectivity index (χ0n) is 14.2. The van der Waals surface area contributed by atoms with Gasteiger partial charge in [-0.25, -0.2) is 4.79 Å². The first-order valence-corrected chi connectivity index (χ1v) is 8.13. The summed E-state index contributed by atoms with van der Waals surface area (Å²) in [5.41, 5.74) is -0.451. The minimum absolute atomic E-state index is 0.0963. The van der Waals surface area contributed by atoms with Gasteiger partial charge in [0.15, 0.2) is 0 Å². The second kappa shape index (κ2) is 8.42. The minimum atomic E-state index is -0.451. The van der Waals surface area contributed by atoms with Crippen molar-refractivity contribution in [2.45, 2.75) is 65.5 Å². The van der Waals surface area contributed by atoms with Crippen LogP contribution in [0.1, 0.15) is 53.9 Å². The molecule has 122 valence electrons. The molecule has 0 bridgehead atoms. The molecule has 0 fully saturated rings. The molecule has 2 atom stereocenters. The lowest BCUT2D eigenvalue weighted by atomic mass is 9.94. The first kappa shape index (κ1) is 18.0. The summed E-state index contributed by atoms with van der Waals surface area (Å²) in [7, 11) is 0. The van der Waals surface area contributed by atoms with E-state index >= 15 is 0 Å². The van der Waals surface area contributed by atoms with E-state index in [0.717, 1.165) is 19.0 Å². The summed E-state index contributed by atoms with van der Waals surface area (Å²) < 4.78 is 5.33. The number of hydrogen-bond acceptors (Lipinski definition) is 3. The molecule has 2 unspecified atom stereocenters. The van der Waals surface area contributed by atoms with E-state index in [1.165, 1.54) is 19.3 Å². The SMILES string of the molecule is CC(C)C(CNCC1CC=CCC1)NC(=O)OC(C)(C)C. The number of nitrogens with one attached hydrogen (secondary N) is 2. The van der Waals surface area contributed by atoms with E-state index < -0.39 is 5.60 Å². The average Bonchev–Trinajstić information content (AvgIpc) is 2.36. The van der Waals surface area contributed by atoms with Crippen molar-refractivity contribution in [2.24, 2.45) is 11.8 Å². The molecule has 0 aromatic rings. The van der Waals surface area contributed by atoms with Gasteiger partial charge < -0.3 is 15.4 Å². The van der Waals surface area contributed by atoms with Gasteiger partial charge in [-0.15, -0.1) is 0 Å². The standard InChI is InChI=1S/C17H32N2O2/c1-13(2)15(19-16(20)21-17(3,4)5)12-18-11-14-9-7-6-8-10-14/h6-7,13-15,18H,8-12H2,1-5H3,(H,19,20). The largest absolute Gasteiger partial charge is 0.444 e. The van der Waals surface area contributed by atoms with Gasteiger partial charge in [-0.1, -0.05) is 26.0 Å². The van der Waals surface area contributed by atoms with E-state index in [-0.39, 0.29) is 12.1 Å². The molecule has 4 nitrogen and oxygen atoms in total. The Kier molecular flexibility index (Phi) is 7.23. The van der Waals surface area contributed by atoms with Crippen molar-refractivity contribution in [1.82, 2.24) is 10.6 Å². The van der Waals surface area contributed by atoms with Gasteiger partial charge >= 0.3 is 6.09 Å². The zero-order valence-corrected chi connectivity index (χ0v) is 14.2.